The fourth-order valence-corrected chi connectivity index (χ4v) is 1.13. The summed E-state index contributed by atoms with van der Waals surface area (Å²) in [5.74, 6) is -1.21. The molecule has 1 fully saturated rings. The normalized spacial score (nSPS) is 17.7. The first-order valence-electron chi connectivity index (χ1n) is 4.52. The maximum atomic E-state index is 11.2. The highest BCUT2D eigenvalue weighted by Crippen LogP contribution is 1.94. The number of hydrogen-bond acceptors (Lipinski definition) is 4. The molecule has 0 aliphatic carbocycles. The fraction of sp³-hybridized carbons (Fsp3) is 0.750. The summed E-state index contributed by atoms with van der Waals surface area (Å²) in [6, 6.07) is 0. The smallest absolute Gasteiger partial charge is 0.303 e. The SMILES string of the molecule is O=C(O)CCC(=O)NN1CCOCC1. The minimum Gasteiger partial charge on any atom is -0.481 e. The van der Waals surface area contributed by atoms with Crippen molar-refractivity contribution in [2.75, 3.05) is 26.3 Å². The third-order valence-electron chi connectivity index (χ3n) is 1.86. The van der Waals surface area contributed by atoms with E-state index in [1.165, 1.54) is 0 Å². The van der Waals surface area contributed by atoms with Gasteiger partial charge in [0.1, 0.15) is 0 Å². The maximum absolute atomic E-state index is 11.2. The molecule has 0 spiro atoms. The highest BCUT2D eigenvalue weighted by atomic mass is 16.5. The molecule has 1 heterocycles. The molecule has 1 rings (SSSR count). The third-order valence-corrected chi connectivity index (χ3v) is 1.86. The number of aliphatic carboxylic acids is 1. The molecule has 14 heavy (non-hydrogen) atoms. The summed E-state index contributed by atoms with van der Waals surface area (Å²) < 4.78 is 5.09. The topological polar surface area (TPSA) is 78.9 Å². The number of carboxylic acids is 1. The van der Waals surface area contributed by atoms with E-state index in [2.05, 4.69) is 5.43 Å². The summed E-state index contributed by atoms with van der Waals surface area (Å²) in [4.78, 5) is 21.3. The summed E-state index contributed by atoms with van der Waals surface area (Å²) in [7, 11) is 0. The Morgan fingerprint density at radius 1 is 1.29 bits per heavy atom. The van der Waals surface area contributed by atoms with E-state index in [4.69, 9.17) is 9.84 Å². The molecule has 0 aromatic rings. The van der Waals surface area contributed by atoms with Crippen LogP contribution in [0.5, 0.6) is 0 Å². The minimum absolute atomic E-state index is 0.0205. The number of nitrogens with zero attached hydrogens (tertiary/aromatic N) is 1. The summed E-state index contributed by atoms with van der Waals surface area (Å²) in [5.41, 5.74) is 2.63. The van der Waals surface area contributed by atoms with Crippen molar-refractivity contribution >= 4 is 11.9 Å². The van der Waals surface area contributed by atoms with Gasteiger partial charge in [-0.1, -0.05) is 0 Å². The van der Waals surface area contributed by atoms with Gasteiger partial charge in [0.2, 0.25) is 5.91 Å². The number of rotatable bonds is 4. The lowest BCUT2D eigenvalue weighted by Crippen LogP contribution is -2.48. The van der Waals surface area contributed by atoms with Crippen LogP contribution in [0.25, 0.3) is 0 Å². The minimum atomic E-state index is -0.956. The Morgan fingerprint density at radius 3 is 2.50 bits per heavy atom. The lowest BCUT2D eigenvalue weighted by molar-refractivity contribution is -0.140. The summed E-state index contributed by atoms with van der Waals surface area (Å²) in [5, 5.41) is 10.1. The van der Waals surface area contributed by atoms with Crippen LogP contribution in [0.1, 0.15) is 12.8 Å². The molecule has 0 radical (unpaired) electrons. The first-order chi connectivity index (χ1) is 6.68. The van der Waals surface area contributed by atoms with E-state index in [9.17, 15) is 9.59 Å². The van der Waals surface area contributed by atoms with Gasteiger partial charge in [-0.2, -0.15) is 0 Å². The molecule has 1 amide bonds. The van der Waals surface area contributed by atoms with Crippen LogP contribution in [0.2, 0.25) is 0 Å². The van der Waals surface area contributed by atoms with Gasteiger partial charge in [0.25, 0.3) is 0 Å². The Hall–Kier alpha value is -1.14. The molecule has 1 aliphatic rings. The second-order valence-electron chi connectivity index (χ2n) is 3.03. The monoisotopic (exact) mass is 202 g/mol. The standard InChI is InChI=1S/C8H14N2O4/c11-7(1-2-8(12)13)9-10-3-5-14-6-4-10/h1-6H2,(H,9,11)(H,12,13). The molecular weight excluding hydrogens is 188 g/mol. The number of hydrazine groups is 1. The molecule has 0 atom stereocenters. The molecule has 6 nitrogen and oxygen atoms in total. The fourth-order valence-electron chi connectivity index (χ4n) is 1.13. The molecule has 1 saturated heterocycles. The molecule has 6 heteroatoms. The lowest BCUT2D eigenvalue weighted by Gasteiger charge is -2.26. The van der Waals surface area contributed by atoms with Crippen LogP contribution in [0, 0.1) is 0 Å². The Kier molecular flexibility index (Phi) is 4.34. The average Bonchev–Trinajstić information content (AvgIpc) is 2.16. The van der Waals surface area contributed by atoms with Gasteiger partial charge in [-0.3, -0.25) is 15.0 Å². The summed E-state index contributed by atoms with van der Waals surface area (Å²) in [6.07, 6.45) is -0.108. The van der Waals surface area contributed by atoms with E-state index >= 15 is 0 Å². The largest absolute Gasteiger partial charge is 0.481 e. The van der Waals surface area contributed by atoms with Crippen LogP contribution in [-0.4, -0.2) is 48.3 Å². The van der Waals surface area contributed by atoms with Crippen LogP contribution < -0.4 is 5.43 Å². The van der Waals surface area contributed by atoms with Gasteiger partial charge < -0.3 is 9.84 Å². The molecule has 0 aromatic carbocycles. The van der Waals surface area contributed by atoms with Crippen LogP contribution in [0.4, 0.5) is 0 Å². The molecule has 0 saturated carbocycles. The molecule has 80 valence electrons. The van der Waals surface area contributed by atoms with Gasteiger partial charge in [0.05, 0.1) is 19.6 Å². The average molecular weight is 202 g/mol. The van der Waals surface area contributed by atoms with Crippen LogP contribution >= 0.6 is 0 Å². The number of carboxylic acid groups (broad SMARTS) is 1. The Balaban J connectivity index is 2.15. The first-order valence-corrected chi connectivity index (χ1v) is 4.52. The van der Waals surface area contributed by atoms with Crippen molar-refractivity contribution in [1.29, 1.82) is 0 Å². The van der Waals surface area contributed by atoms with Crippen molar-refractivity contribution in [3.8, 4) is 0 Å². The predicted octanol–water partition coefficient (Wildman–Crippen LogP) is -0.785. The number of ether oxygens (including phenoxy) is 1. The van der Waals surface area contributed by atoms with E-state index in [0.29, 0.717) is 26.3 Å². The van der Waals surface area contributed by atoms with Crippen LogP contribution in [-0.2, 0) is 14.3 Å². The molecule has 0 unspecified atom stereocenters. The summed E-state index contributed by atoms with van der Waals surface area (Å²) >= 11 is 0. The number of carbonyl (C=O) groups excluding carboxylic acids is 1. The van der Waals surface area contributed by atoms with Crippen molar-refractivity contribution in [3.63, 3.8) is 0 Å². The van der Waals surface area contributed by atoms with Crippen molar-refractivity contribution in [1.82, 2.24) is 10.4 Å². The van der Waals surface area contributed by atoms with Gasteiger partial charge in [0, 0.05) is 19.5 Å². The Labute approximate surface area is 81.8 Å². The number of nitrogens with one attached hydrogen (secondary N) is 1. The van der Waals surface area contributed by atoms with E-state index in [1.807, 2.05) is 0 Å². The summed E-state index contributed by atoms with van der Waals surface area (Å²) in [6.45, 7) is 2.50. The van der Waals surface area contributed by atoms with E-state index in [1.54, 1.807) is 5.01 Å². The molecule has 0 bridgehead atoms. The zero-order chi connectivity index (χ0) is 10.4. The van der Waals surface area contributed by atoms with Gasteiger partial charge in [-0.15, -0.1) is 0 Å². The number of morpholine rings is 1. The zero-order valence-electron chi connectivity index (χ0n) is 7.86. The Bertz CT molecular complexity index is 213. The van der Waals surface area contributed by atoms with Crippen LogP contribution in [0.3, 0.4) is 0 Å². The van der Waals surface area contributed by atoms with Gasteiger partial charge in [-0.05, 0) is 0 Å². The quantitative estimate of drug-likeness (QED) is 0.625. The Morgan fingerprint density at radius 2 is 1.93 bits per heavy atom. The molecule has 1 aliphatic heterocycles. The van der Waals surface area contributed by atoms with Gasteiger partial charge in [-0.25, -0.2) is 5.01 Å². The highest BCUT2D eigenvalue weighted by molar-refractivity contribution is 5.80. The maximum Gasteiger partial charge on any atom is 0.303 e. The second kappa shape index (κ2) is 5.56. The second-order valence-corrected chi connectivity index (χ2v) is 3.03. The molecule has 0 aromatic heterocycles. The predicted molar refractivity (Wildman–Crippen MR) is 47.4 cm³/mol. The number of amides is 1. The van der Waals surface area contributed by atoms with Crippen molar-refractivity contribution in [2.45, 2.75) is 12.8 Å². The zero-order valence-corrected chi connectivity index (χ0v) is 7.86. The van der Waals surface area contributed by atoms with E-state index < -0.39 is 5.97 Å². The van der Waals surface area contributed by atoms with Crippen molar-refractivity contribution in [3.05, 3.63) is 0 Å². The van der Waals surface area contributed by atoms with Crippen molar-refractivity contribution < 1.29 is 19.4 Å². The van der Waals surface area contributed by atoms with E-state index in [0.717, 1.165) is 0 Å². The van der Waals surface area contributed by atoms with Crippen molar-refractivity contribution in [2.24, 2.45) is 0 Å². The molecular formula is C8H14N2O4. The molecule has 2 N–H and O–H groups in total. The van der Waals surface area contributed by atoms with Gasteiger partial charge in [0.15, 0.2) is 0 Å². The number of carbonyl (C=O) groups is 2. The highest BCUT2D eigenvalue weighted by Gasteiger charge is 2.13. The first kappa shape index (κ1) is 10.9. The van der Waals surface area contributed by atoms with Gasteiger partial charge >= 0.3 is 5.97 Å². The van der Waals surface area contributed by atoms with E-state index in [-0.39, 0.29) is 18.7 Å². The lowest BCUT2D eigenvalue weighted by atomic mass is 10.3. The van der Waals surface area contributed by atoms with Crippen LogP contribution in [0.15, 0.2) is 0 Å². The third kappa shape index (κ3) is 4.20. The number of hydrogen-bond donors (Lipinski definition) is 2.